The van der Waals surface area contributed by atoms with Crippen LogP contribution in [0.3, 0.4) is 0 Å². The van der Waals surface area contributed by atoms with Crippen molar-refractivity contribution in [3.05, 3.63) is 34.9 Å². The third kappa shape index (κ3) is 3.52. The zero-order valence-electron chi connectivity index (χ0n) is 11.7. The predicted molar refractivity (Wildman–Crippen MR) is 81.5 cm³/mol. The Morgan fingerprint density at radius 1 is 1.00 bits per heavy atom. The van der Waals surface area contributed by atoms with Crippen molar-refractivity contribution in [2.45, 2.75) is 57.5 Å². The minimum absolute atomic E-state index is 0.552. The smallest absolute Gasteiger partial charge is 0.0406 e. The van der Waals surface area contributed by atoms with E-state index in [9.17, 15) is 0 Å². The van der Waals surface area contributed by atoms with Crippen LogP contribution in [0, 0.1) is 11.8 Å². The van der Waals surface area contributed by atoms with E-state index < -0.39 is 0 Å². The standard InChI is InChI=1S/C17H24ClN/c1-12-2-10-16(11-3-12)19-17(13-4-5-13)14-6-8-15(18)9-7-14/h6-9,12-13,16-17,19H,2-5,10-11H2,1H3. The molecule has 1 aromatic carbocycles. The molecule has 1 nitrogen and oxygen atoms in total. The van der Waals surface area contributed by atoms with Gasteiger partial charge in [0.2, 0.25) is 0 Å². The van der Waals surface area contributed by atoms with Crippen molar-refractivity contribution >= 4 is 11.6 Å². The Hall–Kier alpha value is -0.530. The molecule has 0 aromatic heterocycles. The maximum absolute atomic E-state index is 6.00. The van der Waals surface area contributed by atoms with Gasteiger partial charge in [0.1, 0.15) is 0 Å². The summed E-state index contributed by atoms with van der Waals surface area (Å²) in [6, 6.07) is 9.72. The average molecular weight is 278 g/mol. The zero-order chi connectivity index (χ0) is 13.2. The number of hydrogen-bond donors (Lipinski definition) is 1. The molecular formula is C17H24ClN. The van der Waals surface area contributed by atoms with Crippen LogP contribution in [0.25, 0.3) is 0 Å². The Morgan fingerprint density at radius 2 is 1.63 bits per heavy atom. The topological polar surface area (TPSA) is 12.0 Å². The van der Waals surface area contributed by atoms with Crippen LogP contribution < -0.4 is 5.32 Å². The van der Waals surface area contributed by atoms with Crippen LogP contribution >= 0.6 is 11.6 Å². The van der Waals surface area contributed by atoms with Crippen LogP contribution in [0.4, 0.5) is 0 Å². The molecule has 2 heteroatoms. The predicted octanol–water partition coefficient (Wildman–Crippen LogP) is 4.96. The minimum atomic E-state index is 0.552. The molecule has 1 atom stereocenters. The van der Waals surface area contributed by atoms with E-state index in [0.29, 0.717) is 6.04 Å². The molecular weight excluding hydrogens is 254 g/mol. The molecule has 1 aromatic rings. The summed E-state index contributed by atoms with van der Waals surface area (Å²) in [7, 11) is 0. The monoisotopic (exact) mass is 277 g/mol. The van der Waals surface area contributed by atoms with Gasteiger partial charge in [-0.25, -0.2) is 0 Å². The first-order valence-corrected chi connectivity index (χ1v) is 8.11. The number of rotatable bonds is 4. The molecule has 0 bridgehead atoms. The fraction of sp³-hybridized carbons (Fsp3) is 0.647. The molecule has 0 saturated heterocycles. The van der Waals surface area contributed by atoms with Crippen LogP contribution in [0.5, 0.6) is 0 Å². The van der Waals surface area contributed by atoms with E-state index in [1.807, 2.05) is 12.1 Å². The Labute approximate surface area is 121 Å². The van der Waals surface area contributed by atoms with E-state index in [2.05, 4.69) is 24.4 Å². The summed E-state index contributed by atoms with van der Waals surface area (Å²) in [6.07, 6.45) is 8.22. The first-order chi connectivity index (χ1) is 9.22. The van der Waals surface area contributed by atoms with Crippen molar-refractivity contribution in [2.24, 2.45) is 11.8 Å². The summed E-state index contributed by atoms with van der Waals surface area (Å²) in [5, 5.41) is 4.77. The molecule has 0 radical (unpaired) electrons. The molecule has 2 aliphatic carbocycles. The summed E-state index contributed by atoms with van der Waals surface area (Å²) < 4.78 is 0. The average Bonchev–Trinajstić information content (AvgIpc) is 3.24. The SMILES string of the molecule is CC1CCC(NC(c2ccc(Cl)cc2)C2CC2)CC1. The summed E-state index contributed by atoms with van der Waals surface area (Å²) in [6.45, 7) is 2.38. The van der Waals surface area contributed by atoms with Crippen LogP contribution in [0.1, 0.15) is 57.1 Å². The molecule has 2 saturated carbocycles. The third-order valence-electron chi connectivity index (χ3n) is 4.75. The molecule has 0 spiro atoms. The van der Waals surface area contributed by atoms with Gasteiger partial charge in [-0.15, -0.1) is 0 Å². The molecule has 104 valence electrons. The van der Waals surface area contributed by atoms with Gasteiger partial charge in [-0.2, -0.15) is 0 Å². The van der Waals surface area contributed by atoms with Crippen molar-refractivity contribution < 1.29 is 0 Å². The van der Waals surface area contributed by atoms with Gasteiger partial charge < -0.3 is 5.32 Å². The molecule has 2 aliphatic rings. The summed E-state index contributed by atoms with van der Waals surface area (Å²) >= 11 is 6.00. The fourth-order valence-electron chi connectivity index (χ4n) is 3.28. The number of halogens is 1. The molecule has 2 fully saturated rings. The van der Waals surface area contributed by atoms with Crippen molar-refractivity contribution in [1.29, 1.82) is 0 Å². The Kier molecular flexibility index (Phi) is 4.14. The lowest BCUT2D eigenvalue weighted by Crippen LogP contribution is -2.36. The maximum atomic E-state index is 6.00. The Bertz CT molecular complexity index is 402. The van der Waals surface area contributed by atoms with Crippen LogP contribution in [-0.4, -0.2) is 6.04 Å². The summed E-state index contributed by atoms with van der Waals surface area (Å²) in [5.41, 5.74) is 1.42. The number of hydrogen-bond acceptors (Lipinski definition) is 1. The molecule has 0 aliphatic heterocycles. The number of nitrogens with one attached hydrogen (secondary N) is 1. The van der Waals surface area contributed by atoms with E-state index in [1.54, 1.807) is 0 Å². The van der Waals surface area contributed by atoms with Crippen LogP contribution in [0.15, 0.2) is 24.3 Å². The quantitative estimate of drug-likeness (QED) is 0.820. The van der Waals surface area contributed by atoms with Crippen molar-refractivity contribution in [3.8, 4) is 0 Å². The highest BCUT2D eigenvalue weighted by Crippen LogP contribution is 2.42. The van der Waals surface area contributed by atoms with Gasteiger partial charge in [-0.3, -0.25) is 0 Å². The van der Waals surface area contributed by atoms with E-state index in [4.69, 9.17) is 11.6 Å². The van der Waals surface area contributed by atoms with Gasteiger partial charge in [0.05, 0.1) is 0 Å². The van der Waals surface area contributed by atoms with E-state index in [1.165, 1.54) is 44.1 Å². The molecule has 3 rings (SSSR count). The third-order valence-corrected chi connectivity index (χ3v) is 5.01. The lowest BCUT2D eigenvalue weighted by molar-refractivity contribution is 0.278. The molecule has 0 heterocycles. The van der Waals surface area contributed by atoms with Crippen molar-refractivity contribution in [3.63, 3.8) is 0 Å². The second-order valence-corrected chi connectivity index (χ2v) is 6.93. The zero-order valence-corrected chi connectivity index (χ0v) is 12.5. The molecule has 1 N–H and O–H groups in total. The second-order valence-electron chi connectivity index (χ2n) is 6.49. The minimum Gasteiger partial charge on any atom is -0.307 e. The van der Waals surface area contributed by atoms with Gasteiger partial charge in [-0.1, -0.05) is 30.7 Å². The van der Waals surface area contributed by atoms with Gasteiger partial charge in [0, 0.05) is 17.1 Å². The van der Waals surface area contributed by atoms with Gasteiger partial charge in [0.15, 0.2) is 0 Å². The van der Waals surface area contributed by atoms with Gasteiger partial charge >= 0.3 is 0 Å². The maximum Gasteiger partial charge on any atom is 0.0406 e. The van der Waals surface area contributed by atoms with E-state index in [-0.39, 0.29) is 0 Å². The van der Waals surface area contributed by atoms with E-state index in [0.717, 1.165) is 22.9 Å². The Balaban J connectivity index is 1.66. The highest BCUT2D eigenvalue weighted by Gasteiger charge is 2.34. The molecule has 0 amide bonds. The van der Waals surface area contributed by atoms with Gasteiger partial charge in [0.25, 0.3) is 0 Å². The van der Waals surface area contributed by atoms with E-state index >= 15 is 0 Å². The van der Waals surface area contributed by atoms with Crippen molar-refractivity contribution in [2.75, 3.05) is 0 Å². The highest BCUT2D eigenvalue weighted by molar-refractivity contribution is 6.30. The lowest BCUT2D eigenvalue weighted by atomic mass is 9.86. The number of benzene rings is 1. The lowest BCUT2D eigenvalue weighted by Gasteiger charge is -2.31. The summed E-state index contributed by atoms with van der Waals surface area (Å²) in [5.74, 6) is 1.77. The second kappa shape index (κ2) is 5.85. The highest BCUT2D eigenvalue weighted by atomic mass is 35.5. The fourth-order valence-corrected chi connectivity index (χ4v) is 3.41. The van der Waals surface area contributed by atoms with Crippen LogP contribution in [-0.2, 0) is 0 Å². The summed E-state index contributed by atoms with van der Waals surface area (Å²) in [4.78, 5) is 0. The van der Waals surface area contributed by atoms with Crippen LogP contribution in [0.2, 0.25) is 5.02 Å². The first-order valence-electron chi connectivity index (χ1n) is 7.74. The largest absolute Gasteiger partial charge is 0.307 e. The Morgan fingerprint density at radius 3 is 2.21 bits per heavy atom. The first kappa shape index (κ1) is 13.5. The van der Waals surface area contributed by atoms with Gasteiger partial charge in [-0.05, 0) is 68.1 Å². The van der Waals surface area contributed by atoms with Crippen molar-refractivity contribution in [1.82, 2.24) is 5.32 Å². The normalized spacial score (nSPS) is 29.2. The molecule has 1 unspecified atom stereocenters. The molecule has 19 heavy (non-hydrogen) atoms.